The summed E-state index contributed by atoms with van der Waals surface area (Å²) in [5.41, 5.74) is 5.92. The Kier molecular flexibility index (Phi) is 10.2. The molecule has 0 unspecified atom stereocenters. The van der Waals surface area contributed by atoms with Crippen molar-refractivity contribution in [2.24, 2.45) is 0 Å². The molecule has 0 spiro atoms. The lowest BCUT2D eigenvalue weighted by Crippen LogP contribution is -2.30. The molecule has 3 amide bonds. The first-order valence-electron chi connectivity index (χ1n) is 14.3. The van der Waals surface area contributed by atoms with Crippen molar-refractivity contribution in [2.75, 3.05) is 16.4 Å². The van der Waals surface area contributed by atoms with Crippen LogP contribution in [0.2, 0.25) is 0 Å². The van der Waals surface area contributed by atoms with E-state index in [2.05, 4.69) is 20.9 Å². The van der Waals surface area contributed by atoms with Crippen LogP contribution >= 0.6 is 23.1 Å². The molecule has 0 saturated heterocycles. The molecule has 0 atom stereocenters. The summed E-state index contributed by atoms with van der Waals surface area (Å²) < 4.78 is 0. The Labute approximate surface area is 270 Å². The normalized spacial score (nSPS) is 11.1. The van der Waals surface area contributed by atoms with Gasteiger partial charge in [-0.25, -0.2) is 4.98 Å². The molecule has 9 heteroatoms. The fourth-order valence-electron chi connectivity index (χ4n) is 4.44. The standard InChI is InChI=1S/C36H32N4O3S2/c1-23-16-18-26(19-17-23)33-25(3)45-36(40-33)39-32(41)22-44-30-15-9-14-29(21-30)37-35(43)31(20-28-13-8-7-10-24(28)2)38-34(42)27-11-5-4-6-12-27/h4-21H,22H2,1-3H3,(H,37,43)(H,38,42)(H,39,40,41)/b31-20-. The molecular weight excluding hydrogens is 601 g/mol. The fraction of sp³-hybridized carbons (Fsp3) is 0.111. The highest BCUT2D eigenvalue weighted by Gasteiger charge is 2.16. The summed E-state index contributed by atoms with van der Waals surface area (Å²) in [5, 5.41) is 9.12. The van der Waals surface area contributed by atoms with Crippen LogP contribution in [0, 0.1) is 20.8 Å². The van der Waals surface area contributed by atoms with E-state index in [1.807, 2.05) is 81.4 Å². The summed E-state index contributed by atoms with van der Waals surface area (Å²) in [5.74, 6) is -0.861. The van der Waals surface area contributed by atoms with Crippen LogP contribution < -0.4 is 16.0 Å². The van der Waals surface area contributed by atoms with Crippen molar-refractivity contribution in [1.82, 2.24) is 10.3 Å². The number of rotatable bonds is 10. The summed E-state index contributed by atoms with van der Waals surface area (Å²) in [4.78, 5) is 45.6. The Hall–Kier alpha value is -4.99. The van der Waals surface area contributed by atoms with Crippen molar-refractivity contribution < 1.29 is 14.4 Å². The second-order valence-corrected chi connectivity index (χ2v) is 12.6. The molecule has 0 saturated carbocycles. The largest absolute Gasteiger partial charge is 0.321 e. The first kappa shape index (κ1) is 31.4. The van der Waals surface area contributed by atoms with Gasteiger partial charge in [-0.15, -0.1) is 23.1 Å². The molecule has 1 heterocycles. The number of thioether (sulfide) groups is 1. The van der Waals surface area contributed by atoms with Gasteiger partial charge in [0.25, 0.3) is 11.8 Å². The molecule has 5 rings (SSSR count). The topological polar surface area (TPSA) is 100 Å². The summed E-state index contributed by atoms with van der Waals surface area (Å²) in [6, 6.07) is 31.7. The number of nitrogens with zero attached hydrogens (tertiary/aromatic N) is 1. The second kappa shape index (κ2) is 14.7. The SMILES string of the molecule is Cc1ccc(-c2nc(NC(=O)CSc3cccc(NC(=O)/C(=C/c4ccccc4C)NC(=O)c4ccccc4)c3)sc2C)cc1. The van der Waals surface area contributed by atoms with Crippen LogP contribution in [0.1, 0.15) is 31.9 Å². The average Bonchev–Trinajstić information content (AvgIpc) is 3.40. The van der Waals surface area contributed by atoms with Crippen LogP contribution in [0.5, 0.6) is 0 Å². The third-order valence-corrected chi connectivity index (χ3v) is 8.73. The van der Waals surface area contributed by atoms with E-state index in [0.29, 0.717) is 16.4 Å². The molecule has 0 fully saturated rings. The maximum Gasteiger partial charge on any atom is 0.272 e. The van der Waals surface area contributed by atoms with Gasteiger partial charge in [-0.3, -0.25) is 14.4 Å². The number of anilines is 2. The van der Waals surface area contributed by atoms with E-state index in [9.17, 15) is 14.4 Å². The average molecular weight is 633 g/mol. The zero-order valence-corrected chi connectivity index (χ0v) is 26.7. The maximum atomic E-state index is 13.5. The molecule has 226 valence electrons. The van der Waals surface area contributed by atoms with Crippen LogP contribution in [0.4, 0.5) is 10.8 Å². The number of amides is 3. The van der Waals surface area contributed by atoms with Crippen LogP contribution in [0.25, 0.3) is 17.3 Å². The highest BCUT2D eigenvalue weighted by Crippen LogP contribution is 2.31. The van der Waals surface area contributed by atoms with Gasteiger partial charge in [-0.05, 0) is 68.3 Å². The molecular formula is C36H32N4O3S2. The van der Waals surface area contributed by atoms with Crippen molar-refractivity contribution in [3.63, 3.8) is 0 Å². The van der Waals surface area contributed by atoms with Gasteiger partial charge in [-0.1, -0.05) is 78.4 Å². The molecule has 3 N–H and O–H groups in total. The van der Waals surface area contributed by atoms with Gasteiger partial charge in [-0.2, -0.15) is 0 Å². The number of thiazole rings is 1. The summed E-state index contributed by atoms with van der Waals surface area (Å²) in [7, 11) is 0. The van der Waals surface area contributed by atoms with Gasteiger partial charge in [0.05, 0.1) is 11.4 Å². The quantitative estimate of drug-likeness (QED) is 0.107. The number of aryl methyl sites for hydroxylation is 3. The van der Waals surface area contributed by atoms with Crippen molar-refractivity contribution >= 4 is 57.7 Å². The van der Waals surface area contributed by atoms with Gasteiger partial charge >= 0.3 is 0 Å². The van der Waals surface area contributed by atoms with Gasteiger partial charge in [0, 0.05) is 26.6 Å². The summed E-state index contributed by atoms with van der Waals surface area (Å²) >= 11 is 2.79. The van der Waals surface area contributed by atoms with E-state index < -0.39 is 5.91 Å². The number of hydrogen-bond acceptors (Lipinski definition) is 6. The van der Waals surface area contributed by atoms with Crippen molar-refractivity contribution in [3.05, 3.63) is 136 Å². The van der Waals surface area contributed by atoms with Gasteiger partial charge in [0.15, 0.2) is 5.13 Å². The van der Waals surface area contributed by atoms with Gasteiger partial charge in [0.2, 0.25) is 5.91 Å². The number of aromatic nitrogens is 1. The number of hydrogen-bond donors (Lipinski definition) is 3. The van der Waals surface area contributed by atoms with Crippen molar-refractivity contribution in [2.45, 2.75) is 25.7 Å². The maximum absolute atomic E-state index is 13.5. The predicted octanol–water partition coefficient (Wildman–Crippen LogP) is 7.88. The van der Waals surface area contributed by atoms with E-state index in [1.54, 1.807) is 48.5 Å². The number of carbonyl (C=O) groups excluding carboxylic acids is 3. The summed E-state index contributed by atoms with van der Waals surface area (Å²) in [6.07, 6.45) is 1.67. The highest BCUT2D eigenvalue weighted by atomic mass is 32.2. The zero-order valence-electron chi connectivity index (χ0n) is 25.1. The molecule has 5 aromatic rings. The Morgan fingerprint density at radius 3 is 2.31 bits per heavy atom. The minimum atomic E-state index is -0.467. The third kappa shape index (κ3) is 8.56. The van der Waals surface area contributed by atoms with Crippen molar-refractivity contribution in [1.29, 1.82) is 0 Å². The smallest absolute Gasteiger partial charge is 0.272 e. The first-order chi connectivity index (χ1) is 21.7. The molecule has 0 bridgehead atoms. The Balaban J connectivity index is 1.24. The number of nitrogens with one attached hydrogen (secondary N) is 3. The van der Waals surface area contributed by atoms with Gasteiger partial charge < -0.3 is 16.0 Å². The van der Waals surface area contributed by atoms with Crippen LogP contribution in [0.15, 0.2) is 114 Å². The fourth-order valence-corrected chi connectivity index (χ4v) is 6.05. The monoisotopic (exact) mass is 632 g/mol. The van der Waals surface area contributed by atoms with E-state index in [0.717, 1.165) is 32.2 Å². The molecule has 0 aliphatic rings. The molecule has 1 aromatic heterocycles. The highest BCUT2D eigenvalue weighted by molar-refractivity contribution is 8.00. The molecule has 0 aliphatic carbocycles. The third-order valence-electron chi connectivity index (χ3n) is 6.85. The lowest BCUT2D eigenvalue weighted by molar-refractivity contribution is -0.114. The molecule has 7 nitrogen and oxygen atoms in total. The second-order valence-electron chi connectivity index (χ2n) is 10.3. The Morgan fingerprint density at radius 2 is 1.56 bits per heavy atom. The minimum absolute atomic E-state index is 0.110. The van der Waals surface area contributed by atoms with E-state index >= 15 is 0 Å². The molecule has 0 aliphatic heterocycles. The Bertz CT molecular complexity index is 1870. The van der Waals surface area contributed by atoms with Crippen LogP contribution in [-0.2, 0) is 9.59 Å². The lowest BCUT2D eigenvalue weighted by Gasteiger charge is -2.13. The molecule has 45 heavy (non-hydrogen) atoms. The van der Waals surface area contributed by atoms with E-state index in [1.165, 1.54) is 28.7 Å². The zero-order chi connectivity index (χ0) is 31.8. The lowest BCUT2D eigenvalue weighted by atomic mass is 10.1. The number of benzene rings is 4. The van der Waals surface area contributed by atoms with E-state index in [4.69, 9.17) is 0 Å². The van der Waals surface area contributed by atoms with E-state index in [-0.39, 0.29) is 23.3 Å². The molecule has 0 radical (unpaired) electrons. The summed E-state index contributed by atoms with van der Waals surface area (Å²) in [6.45, 7) is 5.97. The predicted molar refractivity (Wildman–Crippen MR) is 185 cm³/mol. The minimum Gasteiger partial charge on any atom is -0.321 e. The first-order valence-corrected chi connectivity index (χ1v) is 16.1. The van der Waals surface area contributed by atoms with Crippen molar-refractivity contribution in [3.8, 4) is 11.3 Å². The van der Waals surface area contributed by atoms with Crippen LogP contribution in [-0.4, -0.2) is 28.5 Å². The van der Waals surface area contributed by atoms with Gasteiger partial charge in [0.1, 0.15) is 5.70 Å². The Morgan fingerprint density at radius 1 is 0.822 bits per heavy atom. The molecule has 4 aromatic carbocycles. The number of carbonyl (C=O) groups is 3. The van der Waals surface area contributed by atoms with Crippen LogP contribution in [0.3, 0.4) is 0 Å².